The van der Waals surface area contributed by atoms with Crippen LogP contribution in [-0.4, -0.2) is 21.2 Å². The van der Waals surface area contributed by atoms with E-state index in [1.54, 1.807) is 17.1 Å². The van der Waals surface area contributed by atoms with E-state index in [4.69, 9.17) is 5.73 Å². The molecule has 4 nitrogen and oxygen atoms in total. The first-order valence-corrected chi connectivity index (χ1v) is 3.60. The summed E-state index contributed by atoms with van der Waals surface area (Å²) >= 11 is 0. The van der Waals surface area contributed by atoms with Crippen molar-refractivity contribution in [3.05, 3.63) is 18.2 Å². The molecule has 0 amide bonds. The molecule has 11 heavy (non-hydrogen) atoms. The normalized spacial score (nSPS) is 13.4. The van der Waals surface area contributed by atoms with Gasteiger partial charge in [-0.1, -0.05) is 0 Å². The topological polar surface area (TPSA) is 64.1 Å². The van der Waals surface area contributed by atoms with E-state index >= 15 is 0 Å². The number of nitrogens with zero attached hydrogens (tertiary/aromatic N) is 2. The lowest BCUT2D eigenvalue weighted by molar-refractivity contribution is 0.166. The van der Waals surface area contributed by atoms with E-state index in [-0.39, 0.29) is 0 Å². The molecular formula is C7H13N3O. The molecule has 4 heteroatoms. The molecule has 1 aromatic heterocycles. The van der Waals surface area contributed by atoms with E-state index in [1.807, 2.05) is 7.05 Å². The lowest BCUT2D eigenvalue weighted by atomic mass is 10.2. The Balaban J connectivity index is 2.60. The summed E-state index contributed by atoms with van der Waals surface area (Å²) in [4.78, 5) is 3.99. The molecule has 0 aliphatic heterocycles. The molecule has 0 aliphatic carbocycles. The summed E-state index contributed by atoms with van der Waals surface area (Å²) in [5, 5.41) is 9.38. The SMILES string of the molecule is Cn1cnc([C@@H](O)CCN)c1. The molecule has 0 spiro atoms. The van der Waals surface area contributed by atoms with Crippen LogP contribution >= 0.6 is 0 Å². The summed E-state index contributed by atoms with van der Waals surface area (Å²) in [6, 6.07) is 0. The van der Waals surface area contributed by atoms with E-state index in [1.165, 1.54) is 0 Å². The van der Waals surface area contributed by atoms with Gasteiger partial charge in [0, 0.05) is 13.2 Å². The van der Waals surface area contributed by atoms with E-state index in [2.05, 4.69) is 4.98 Å². The Kier molecular flexibility index (Phi) is 2.62. The van der Waals surface area contributed by atoms with Crippen molar-refractivity contribution in [1.29, 1.82) is 0 Å². The van der Waals surface area contributed by atoms with Crippen LogP contribution in [0.4, 0.5) is 0 Å². The molecule has 1 heterocycles. The van der Waals surface area contributed by atoms with Crippen molar-refractivity contribution >= 4 is 0 Å². The molecule has 0 bridgehead atoms. The molecule has 1 aromatic rings. The van der Waals surface area contributed by atoms with Gasteiger partial charge >= 0.3 is 0 Å². The van der Waals surface area contributed by atoms with Gasteiger partial charge in [-0.25, -0.2) is 4.98 Å². The maximum Gasteiger partial charge on any atom is 0.0987 e. The average molecular weight is 155 g/mol. The largest absolute Gasteiger partial charge is 0.387 e. The zero-order valence-corrected chi connectivity index (χ0v) is 6.57. The zero-order valence-electron chi connectivity index (χ0n) is 6.57. The average Bonchev–Trinajstić information content (AvgIpc) is 2.36. The van der Waals surface area contributed by atoms with E-state index < -0.39 is 6.10 Å². The number of aryl methyl sites for hydroxylation is 1. The summed E-state index contributed by atoms with van der Waals surface area (Å²) in [5.41, 5.74) is 5.97. The van der Waals surface area contributed by atoms with Gasteiger partial charge in [0.1, 0.15) is 0 Å². The summed E-state index contributed by atoms with van der Waals surface area (Å²) < 4.78 is 1.80. The number of imidazole rings is 1. The van der Waals surface area contributed by atoms with E-state index in [0.717, 1.165) is 0 Å². The first-order chi connectivity index (χ1) is 5.24. The highest BCUT2D eigenvalue weighted by Crippen LogP contribution is 2.11. The molecule has 0 radical (unpaired) electrons. The third-order valence-electron chi connectivity index (χ3n) is 1.51. The van der Waals surface area contributed by atoms with Gasteiger partial charge in [-0.15, -0.1) is 0 Å². The summed E-state index contributed by atoms with van der Waals surface area (Å²) in [6.45, 7) is 0.484. The predicted octanol–water partition coefficient (Wildman–Crippen LogP) is -0.198. The van der Waals surface area contributed by atoms with Gasteiger partial charge in [0.25, 0.3) is 0 Å². The first-order valence-electron chi connectivity index (χ1n) is 3.60. The number of aliphatic hydroxyl groups excluding tert-OH is 1. The number of hydrogen-bond donors (Lipinski definition) is 2. The second-order valence-corrected chi connectivity index (χ2v) is 2.56. The molecule has 3 N–H and O–H groups in total. The monoisotopic (exact) mass is 155 g/mol. The predicted molar refractivity (Wildman–Crippen MR) is 41.8 cm³/mol. The first kappa shape index (κ1) is 8.23. The maximum absolute atomic E-state index is 9.38. The zero-order chi connectivity index (χ0) is 8.27. The number of aliphatic hydroxyl groups is 1. The number of nitrogens with two attached hydrogens (primary N) is 1. The quantitative estimate of drug-likeness (QED) is 0.635. The van der Waals surface area contributed by atoms with Crippen molar-refractivity contribution in [2.45, 2.75) is 12.5 Å². The Morgan fingerprint density at radius 3 is 3.00 bits per heavy atom. The summed E-state index contributed by atoms with van der Waals surface area (Å²) in [7, 11) is 1.87. The molecule has 0 fully saturated rings. The summed E-state index contributed by atoms with van der Waals surface area (Å²) in [5.74, 6) is 0. The third kappa shape index (κ3) is 2.03. The minimum absolute atomic E-state index is 0.484. The maximum atomic E-state index is 9.38. The van der Waals surface area contributed by atoms with Crippen LogP contribution in [0.5, 0.6) is 0 Å². The van der Waals surface area contributed by atoms with Crippen molar-refractivity contribution in [2.24, 2.45) is 12.8 Å². The molecule has 0 saturated carbocycles. The number of rotatable bonds is 3. The minimum atomic E-state index is -0.513. The fourth-order valence-electron chi connectivity index (χ4n) is 0.911. The van der Waals surface area contributed by atoms with Gasteiger partial charge in [0.05, 0.1) is 18.1 Å². The molecular weight excluding hydrogens is 142 g/mol. The molecule has 62 valence electrons. The molecule has 0 aromatic carbocycles. The van der Waals surface area contributed by atoms with Crippen LogP contribution in [0.25, 0.3) is 0 Å². The van der Waals surface area contributed by atoms with Gasteiger partial charge in [0.15, 0.2) is 0 Å². The number of aromatic nitrogens is 2. The Hall–Kier alpha value is -0.870. The summed E-state index contributed by atoms with van der Waals surface area (Å²) in [6.07, 6.45) is 3.51. The Morgan fingerprint density at radius 2 is 2.55 bits per heavy atom. The second kappa shape index (κ2) is 3.50. The van der Waals surface area contributed by atoms with Crippen molar-refractivity contribution < 1.29 is 5.11 Å². The Labute approximate surface area is 65.7 Å². The van der Waals surface area contributed by atoms with Crippen molar-refractivity contribution in [2.75, 3.05) is 6.54 Å². The molecule has 0 aliphatic rings. The molecule has 1 atom stereocenters. The van der Waals surface area contributed by atoms with E-state index in [9.17, 15) is 5.11 Å². The highest BCUT2D eigenvalue weighted by atomic mass is 16.3. The van der Waals surface area contributed by atoms with Crippen LogP contribution in [-0.2, 0) is 7.05 Å². The third-order valence-corrected chi connectivity index (χ3v) is 1.51. The van der Waals surface area contributed by atoms with Crippen LogP contribution in [0.2, 0.25) is 0 Å². The van der Waals surface area contributed by atoms with Crippen molar-refractivity contribution in [1.82, 2.24) is 9.55 Å². The highest BCUT2D eigenvalue weighted by molar-refractivity contribution is 5.00. The molecule has 0 unspecified atom stereocenters. The highest BCUT2D eigenvalue weighted by Gasteiger charge is 2.07. The van der Waals surface area contributed by atoms with Gasteiger partial charge in [-0.3, -0.25) is 0 Å². The lowest BCUT2D eigenvalue weighted by Gasteiger charge is -2.03. The fraction of sp³-hybridized carbons (Fsp3) is 0.571. The Morgan fingerprint density at radius 1 is 1.82 bits per heavy atom. The van der Waals surface area contributed by atoms with Crippen molar-refractivity contribution in [3.8, 4) is 0 Å². The van der Waals surface area contributed by atoms with Crippen LogP contribution < -0.4 is 5.73 Å². The van der Waals surface area contributed by atoms with Crippen LogP contribution in [0.1, 0.15) is 18.2 Å². The van der Waals surface area contributed by atoms with Crippen LogP contribution in [0, 0.1) is 0 Å². The molecule has 0 saturated heterocycles. The second-order valence-electron chi connectivity index (χ2n) is 2.56. The van der Waals surface area contributed by atoms with Gasteiger partial charge in [0.2, 0.25) is 0 Å². The smallest absolute Gasteiger partial charge is 0.0987 e. The fourth-order valence-corrected chi connectivity index (χ4v) is 0.911. The van der Waals surface area contributed by atoms with Crippen LogP contribution in [0.15, 0.2) is 12.5 Å². The van der Waals surface area contributed by atoms with E-state index in [0.29, 0.717) is 18.7 Å². The van der Waals surface area contributed by atoms with Crippen LogP contribution in [0.3, 0.4) is 0 Å². The van der Waals surface area contributed by atoms with Gasteiger partial charge in [-0.05, 0) is 13.0 Å². The van der Waals surface area contributed by atoms with Crippen molar-refractivity contribution in [3.63, 3.8) is 0 Å². The Bertz CT molecular complexity index is 221. The van der Waals surface area contributed by atoms with Gasteiger partial charge in [-0.2, -0.15) is 0 Å². The molecule has 1 rings (SSSR count). The standard InChI is InChI=1S/C7H13N3O/c1-10-4-6(9-5-10)7(11)2-3-8/h4-5,7,11H,2-3,8H2,1H3/t7-/m0/s1. The lowest BCUT2D eigenvalue weighted by Crippen LogP contribution is -2.06. The minimum Gasteiger partial charge on any atom is -0.387 e. The number of hydrogen-bond acceptors (Lipinski definition) is 3. The van der Waals surface area contributed by atoms with Gasteiger partial charge < -0.3 is 15.4 Å².